The van der Waals surface area contributed by atoms with Crippen LogP contribution in [0, 0.1) is 0 Å². The zero-order chi connectivity index (χ0) is 12.1. The lowest BCUT2D eigenvalue weighted by molar-refractivity contribution is 0.210. The Kier molecular flexibility index (Phi) is 3.56. The lowest BCUT2D eigenvalue weighted by Crippen LogP contribution is -2.11. The lowest BCUT2D eigenvalue weighted by atomic mass is 10.2. The lowest BCUT2D eigenvalue weighted by Gasteiger charge is -2.08. The van der Waals surface area contributed by atoms with Crippen LogP contribution in [0.2, 0.25) is 0 Å². The highest BCUT2D eigenvalue weighted by Crippen LogP contribution is 2.20. The van der Waals surface area contributed by atoms with Gasteiger partial charge in [-0.3, -0.25) is 0 Å². The quantitative estimate of drug-likeness (QED) is 0.760. The Labute approximate surface area is 98.8 Å². The molecule has 3 N–H and O–H groups in total. The first-order valence-electron chi connectivity index (χ1n) is 5.19. The Morgan fingerprint density at radius 2 is 2.41 bits per heavy atom. The summed E-state index contributed by atoms with van der Waals surface area (Å²) in [5.74, 6) is 0.925. The molecule has 0 amide bonds. The minimum atomic E-state index is 0.369. The maximum atomic E-state index is 5.72. The van der Waals surface area contributed by atoms with E-state index in [4.69, 9.17) is 14.9 Å². The van der Waals surface area contributed by atoms with Crippen molar-refractivity contribution < 1.29 is 9.15 Å². The molecule has 0 radical (unpaired) electrons. The average Bonchev–Trinajstić information content (AvgIpc) is 2.85. The van der Waals surface area contributed by atoms with Gasteiger partial charge in [0.2, 0.25) is 0 Å². The highest BCUT2D eigenvalue weighted by molar-refractivity contribution is 5.64. The molecule has 0 aromatic carbocycles. The molecular weight excluding hydrogens is 220 g/mol. The second kappa shape index (κ2) is 5.31. The third kappa shape index (κ3) is 2.73. The Bertz CT molecular complexity index is 470. The van der Waals surface area contributed by atoms with Gasteiger partial charge in [0.1, 0.15) is 0 Å². The number of nitrogens with two attached hydrogens (primary N) is 1. The Morgan fingerprint density at radius 3 is 3.12 bits per heavy atom. The van der Waals surface area contributed by atoms with Crippen molar-refractivity contribution in [1.29, 1.82) is 0 Å². The molecule has 17 heavy (non-hydrogen) atoms. The topological polar surface area (TPSA) is 86.2 Å². The van der Waals surface area contributed by atoms with E-state index in [9.17, 15) is 0 Å². The van der Waals surface area contributed by atoms with Gasteiger partial charge in [0.15, 0.2) is 11.6 Å². The van der Waals surface area contributed by atoms with E-state index < -0.39 is 0 Å². The number of nitrogens with one attached hydrogen (secondary N) is 1. The molecule has 0 aliphatic carbocycles. The van der Waals surface area contributed by atoms with Crippen LogP contribution in [0.5, 0.6) is 0 Å². The van der Waals surface area contributed by atoms with E-state index in [0.717, 1.165) is 5.56 Å². The van der Waals surface area contributed by atoms with Crippen molar-refractivity contribution in [2.24, 2.45) is 0 Å². The summed E-state index contributed by atoms with van der Waals surface area (Å²) in [5.41, 5.74) is 7.31. The van der Waals surface area contributed by atoms with Gasteiger partial charge in [-0.05, 0) is 6.07 Å². The maximum absolute atomic E-state index is 5.72. The molecule has 0 unspecified atom stereocenters. The number of hydrogen-bond donors (Lipinski definition) is 2. The summed E-state index contributed by atoms with van der Waals surface area (Å²) in [7, 11) is 1.64. The van der Waals surface area contributed by atoms with Crippen LogP contribution in [0.15, 0.2) is 29.2 Å². The highest BCUT2D eigenvalue weighted by atomic mass is 16.5. The van der Waals surface area contributed by atoms with Crippen LogP contribution in [-0.2, 0) is 4.74 Å². The largest absolute Gasteiger partial charge is 0.472 e. The Balaban J connectivity index is 2.18. The van der Waals surface area contributed by atoms with Crippen molar-refractivity contribution in [3.05, 3.63) is 24.8 Å². The zero-order valence-electron chi connectivity index (χ0n) is 9.51. The molecule has 6 nitrogen and oxygen atoms in total. The maximum Gasteiger partial charge on any atom is 0.169 e. The number of ether oxygens (including phenoxy) is 1. The van der Waals surface area contributed by atoms with Crippen LogP contribution >= 0.6 is 0 Å². The van der Waals surface area contributed by atoms with Gasteiger partial charge < -0.3 is 20.2 Å². The summed E-state index contributed by atoms with van der Waals surface area (Å²) in [6, 6.07) is 1.82. The molecule has 2 aromatic heterocycles. The number of furan rings is 1. The summed E-state index contributed by atoms with van der Waals surface area (Å²) in [4.78, 5) is 8.46. The monoisotopic (exact) mass is 234 g/mol. The molecular formula is C11H14N4O2. The summed E-state index contributed by atoms with van der Waals surface area (Å²) in [6.45, 7) is 1.21. The predicted molar refractivity (Wildman–Crippen MR) is 64.5 cm³/mol. The van der Waals surface area contributed by atoms with E-state index >= 15 is 0 Å². The smallest absolute Gasteiger partial charge is 0.169 e. The molecule has 90 valence electrons. The number of anilines is 2. The summed E-state index contributed by atoms with van der Waals surface area (Å²) < 4.78 is 9.94. The molecule has 6 heteroatoms. The fourth-order valence-corrected chi connectivity index (χ4v) is 1.35. The van der Waals surface area contributed by atoms with Gasteiger partial charge >= 0.3 is 0 Å². The number of nitrogens with zero attached hydrogens (tertiary/aromatic N) is 2. The minimum absolute atomic E-state index is 0.369. The minimum Gasteiger partial charge on any atom is -0.472 e. The van der Waals surface area contributed by atoms with Gasteiger partial charge in [-0.25, -0.2) is 9.97 Å². The fourth-order valence-electron chi connectivity index (χ4n) is 1.35. The van der Waals surface area contributed by atoms with E-state index in [1.54, 1.807) is 25.8 Å². The van der Waals surface area contributed by atoms with Gasteiger partial charge in [-0.15, -0.1) is 0 Å². The van der Waals surface area contributed by atoms with Gasteiger partial charge in [-0.2, -0.15) is 0 Å². The Hall–Kier alpha value is -2.08. The second-order valence-corrected chi connectivity index (χ2v) is 3.42. The Morgan fingerprint density at radius 1 is 1.53 bits per heavy atom. The van der Waals surface area contributed by atoms with Crippen LogP contribution in [0.1, 0.15) is 0 Å². The molecule has 0 aliphatic rings. The molecule has 0 saturated carbocycles. The summed E-state index contributed by atoms with van der Waals surface area (Å²) in [6.07, 6.45) is 4.81. The van der Waals surface area contributed by atoms with Crippen molar-refractivity contribution in [3.63, 3.8) is 0 Å². The third-order valence-electron chi connectivity index (χ3n) is 2.22. The van der Waals surface area contributed by atoms with E-state index in [-0.39, 0.29) is 0 Å². The normalized spacial score (nSPS) is 10.4. The average molecular weight is 234 g/mol. The summed E-state index contributed by atoms with van der Waals surface area (Å²) >= 11 is 0. The van der Waals surface area contributed by atoms with Crippen LogP contribution in [0.25, 0.3) is 11.3 Å². The number of rotatable bonds is 5. The van der Waals surface area contributed by atoms with Crippen LogP contribution in [-0.4, -0.2) is 30.2 Å². The van der Waals surface area contributed by atoms with Crippen LogP contribution < -0.4 is 11.1 Å². The van der Waals surface area contributed by atoms with E-state index in [1.807, 2.05) is 6.07 Å². The predicted octanol–water partition coefficient (Wildman–Crippen LogP) is 1.38. The third-order valence-corrected chi connectivity index (χ3v) is 2.22. The standard InChI is InChI=1S/C11H14N4O2/c1-16-5-3-13-11-10(12)14-6-9(15-11)8-2-4-17-7-8/h2,4,6-7H,3,5H2,1H3,(H2,12,14)(H,13,15). The number of hydrogen-bond acceptors (Lipinski definition) is 6. The van der Waals surface area contributed by atoms with Gasteiger partial charge in [0, 0.05) is 19.2 Å². The van der Waals surface area contributed by atoms with Crippen molar-refractivity contribution >= 4 is 11.6 Å². The summed E-state index contributed by atoms with van der Waals surface area (Å²) in [5, 5.41) is 3.06. The molecule has 0 saturated heterocycles. The second-order valence-electron chi connectivity index (χ2n) is 3.42. The first kappa shape index (κ1) is 11.4. The van der Waals surface area contributed by atoms with Crippen molar-refractivity contribution in [2.45, 2.75) is 0 Å². The fraction of sp³-hybridized carbons (Fsp3) is 0.273. The molecule has 2 rings (SSSR count). The molecule has 0 bridgehead atoms. The number of methoxy groups -OCH3 is 1. The molecule has 2 heterocycles. The van der Waals surface area contributed by atoms with Gasteiger partial charge in [0.25, 0.3) is 0 Å². The first-order chi connectivity index (χ1) is 8.31. The molecule has 0 atom stereocenters. The van der Waals surface area contributed by atoms with Crippen molar-refractivity contribution in [3.8, 4) is 11.3 Å². The van der Waals surface area contributed by atoms with Crippen molar-refractivity contribution in [2.75, 3.05) is 31.3 Å². The molecule has 2 aromatic rings. The SMILES string of the molecule is COCCNc1nc(-c2ccoc2)cnc1N. The van der Waals surface area contributed by atoms with Crippen LogP contribution in [0.3, 0.4) is 0 Å². The van der Waals surface area contributed by atoms with E-state index in [0.29, 0.717) is 30.5 Å². The zero-order valence-corrected chi connectivity index (χ0v) is 9.51. The first-order valence-corrected chi connectivity index (χ1v) is 5.19. The van der Waals surface area contributed by atoms with Crippen LogP contribution in [0.4, 0.5) is 11.6 Å². The van der Waals surface area contributed by atoms with E-state index in [1.165, 1.54) is 0 Å². The molecule has 0 fully saturated rings. The number of aromatic nitrogens is 2. The van der Waals surface area contributed by atoms with Gasteiger partial charge in [0.05, 0.1) is 31.0 Å². The molecule has 0 spiro atoms. The highest BCUT2D eigenvalue weighted by Gasteiger charge is 2.06. The number of nitrogen functional groups attached to an aromatic ring is 1. The van der Waals surface area contributed by atoms with Gasteiger partial charge in [-0.1, -0.05) is 0 Å². The van der Waals surface area contributed by atoms with E-state index in [2.05, 4.69) is 15.3 Å². The molecule has 0 aliphatic heterocycles. The van der Waals surface area contributed by atoms with Crippen molar-refractivity contribution in [1.82, 2.24) is 9.97 Å².